The molecule has 1 fully saturated rings. The second-order valence-corrected chi connectivity index (χ2v) is 6.84. The molecule has 0 atom stereocenters. The van der Waals surface area contributed by atoms with E-state index in [2.05, 4.69) is 15.5 Å². The Kier molecular flexibility index (Phi) is 4.17. The number of rotatable bonds is 5. The molecule has 0 aromatic carbocycles. The lowest BCUT2D eigenvalue weighted by Gasteiger charge is -2.14. The molecule has 0 bridgehead atoms. The zero-order chi connectivity index (χ0) is 16.4. The molecular formula is C17H19N5OS. The Labute approximate surface area is 144 Å². The lowest BCUT2D eigenvalue weighted by Crippen LogP contribution is -2.22. The van der Waals surface area contributed by atoms with Crippen LogP contribution in [-0.2, 0) is 11.3 Å². The van der Waals surface area contributed by atoms with E-state index in [4.69, 9.17) is 0 Å². The molecule has 3 heterocycles. The summed E-state index contributed by atoms with van der Waals surface area (Å²) < 4.78 is 3.61. The van der Waals surface area contributed by atoms with Crippen LogP contribution in [0.5, 0.6) is 0 Å². The summed E-state index contributed by atoms with van der Waals surface area (Å²) in [7, 11) is 0. The Balaban J connectivity index is 1.41. The van der Waals surface area contributed by atoms with E-state index in [0.29, 0.717) is 6.04 Å². The summed E-state index contributed by atoms with van der Waals surface area (Å²) in [5, 5.41) is 15.9. The summed E-state index contributed by atoms with van der Waals surface area (Å²) in [5.74, 6) is 0.687. The van der Waals surface area contributed by atoms with Crippen molar-refractivity contribution in [2.24, 2.45) is 0 Å². The van der Waals surface area contributed by atoms with Gasteiger partial charge in [-0.3, -0.25) is 9.48 Å². The molecule has 1 aliphatic rings. The molecule has 124 valence electrons. The number of aromatic nitrogens is 4. The van der Waals surface area contributed by atoms with Gasteiger partial charge in [-0.1, -0.05) is 12.8 Å². The third-order valence-electron chi connectivity index (χ3n) is 4.37. The fraction of sp³-hybridized carbons (Fsp3) is 0.353. The van der Waals surface area contributed by atoms with E-state index in [9.17, 15) is 4.79 Å². The van der Waals surface area contributed by atoms with Gasteiger partial charge < -0.3 is 5.32 Å². The molecule has 3 aromatic heterocycles. The first-order valence-corrected chi connectivity index (χ1v) is 9.13. The minimum Gasteiger partial charge on any atom is -0.309 e. The van der Waals surface area contributed by atoms with Gasteiger partial charge in [0.25, 0.3) is 0 Å². The van der Waals surface area contributed by atoms with Gasteiger partial charge in [0.1, 0.15) is 12.4 Å². The van der Waals surface area contributed by atoms with Crippen LogP contribution in [0.15, 0.2) is 41.4 Å². The molecule has 6 nitrogen and oxygen atoms in total. The molecule has 0 saturated heterocycles. The van der Waals surface area contributed by atoms with Crippen LogP contribution >= 0.6 is 11.3 Å². The summed E-state index contributed by atoms with van der Waals surface area (Å²) in [6.45, 7) is 0.194. The van der Waals surface area contributed by atoms with Gasteiger partial charge in [-0.25, -0.2) is 4.68 Å². The second kappa shape index (κ2) is 6.60. The van der Waals surface area contributed by atoms with Crippen molar-refractivity contribution in [3.05, 3.63) is 41.4 Å². The van der Waals surface area contributed by atoms with E-state index in [1.165, 1.54) is 12.8 Å². The molecule has 0 spiro atoms. The van der Waals surface area contributed by atoms with E-state index >= 15 is 0 Å². The number of hydrogen-bond donors (Lipinski definition) is 1. The molecule has 1 N–H and O–H groups in total. The summed E-state index contributed by atoms with van der Waals surface area (Å²) in [6.07, 6.45) is 8.31. The Morgan fingerprint density at radius 2 is 2.17 bits per heavy atom. The molecule has 1 aliphatic carbocycles. The lowest BCUT2D eigenvalue weighted by molar-refractivity contribution is -0.116. The van der Waals surface area contributed by atoms with Gasteiger partial charge in [-0.2, -0.15) is 21.5 Å². The number of amides is 1. The van der Waals surface area contributed by atoms with Crippen molar-refractivity contribution in [1.29, 1.82) is 0 Å². The van der Waals surface area contributed by atoms with Gasteiger partial charge in [0.15, 0.2) is 0 Å². The zero-order valence-electron chi connectivity index (χ0n) is 13.3. The molecule has 0 radical (unpaired) electrons. The maximum absolute atomic E-state index is 12.3. The van der Waals surface area contributed by atoms with Gasteiger partial charge in [0, 0.05) is 23.2 Å². The van der Waals surface area contributed by atoms with Crippen LogP contribution in [-0.4, -0.2) is 25.5 Å². The summed E-state index contributed by atoms with van der Waals surface area (Å²) >= 11 is 1.64. The summed E-state index contributed by atoms with van der Waals surface area (Å²) in [5.41, 5.74) is 1.97. The highest BCUT2D eigenvalue weighted by atomic mass is 32.1. The van der Waals surface area contributed by atoms with E-state index in [-0.39, 0.29) is 12.5 Å². The molecule has 1 amide bonds. The van der Waals surface area contributed by atoms with Crippen molar-refractivity contribution < 1.29 is 4.79 Å². The van der Waals surface area contributed by atoms with E-state index in [0.717, 1.165) is 29.9 Å². The molecule has 24 heavy (non-hydrogen) atoms. The average molecular weight is 341 g/mol. The zero-order valence-corrected chi connectivity index (χ0v) is 14.1. The molecule has 0 unspecified atom stereocenters. The lowest BCUT2D eigenvalue weighted by atomic mass is 10.2. The fourth-order valence-corrected chi connectivity index (χ4v) is 3.85. The average Bonchev–Trinajstić information content (AvgIpc) is 3.35. The van der Waals surface area contributed by atoms with Crippen LogP contribution in [0.3, 0.4) is 0 Å². The first-order chi connectivity index (χ1) is 11.8. The van der Waals surface area contributed by atoms with Crippen molar-refractivity contribution >= 4 is 23.1 Å². The highest BCUT2D eigenvalue weighted by Crippen LogP contribution is 2.31. The van der Waals surface area contributed by atoms with Crippen LogP contribution < -0.4 is 5.32 Å². The van der Waals surface area contributed by atoms with Crippen molar-refractivity contribution in [2.75, 3.05) is 5.32 Å². The quantitative estimate of drug-likeness (QED) is 0.772. The predicted octanol–water partition coefficient (Wildman–Crippen LogP) is 3.56. The van der Waals surface area contributed by atoms with E-state index in [1.54, 1.807) is 22.2 Å². The normalized spacial score (nSPS) is 15.0. The van der Waals surface area contributed by atoms with Gasteiger partial charge in [0.2, 0.25) is 5.91 Å². The largest absolute Gasteiger partial charge is 0.309 e. The van der Waals surface area contributed by atoms with E-state index in [1.807, 2.05) is 39.8 Å². The topological polar surface area (TPSA) is 64.7 Å². The number of thiophene rings is 1. The number of carbonyl (C=O) groups is 1. The molecular weight excluding hydrogens is 322 g/mol. The Morgan fingerprint density at radius 3 is 2.96 bits per heavy atom. The number of carbonyl (C=O) groups excluding carboxylic acids is 1. The predicted molar refractivity (Wildman–Crippen MR) is 93.9 cm³/mol. The number of anilines is 1. The SMILES string of the molecule is O=C(Cn1ccc(-c2ccsc2)n1)Nc1ccnn1C1CCCC1. The summed E-state index contributed by atoms with van der Waals surface area (Å²) in [4.78, 5) is 12.3. The smallest absolute Gasteiger partial charge is 0.247 e. The number of nitrogens with zero attached hydrogens (tertiary/aromatic N) is 4. The minimum absolute atomic E-state index is 0.0882. The van der Waals surface area contributed by atoms with Crippen LogP contribution in [0.4, 0.5) is 5.82 Å². The van der Waals surface area contributed by atoms with Crippen molar-refractivity contribution in [3.8, 4) is 11.3 Å². The maximum atomic E-state index is 12.3. The Hall–Kier alpha value is -2.41. The minimum atomic E-state index is -0.0882. The third kappa shape index (κ3) is 3.12. The third-order valence-corrected chi connectivity index (χ3v) is 5.05. The molecule has 7 heteroatoms. The van der Waals surface area contributed by atoms with Crippen molar-refractivity contribution in [3.63, 3.8) is 0 Å². The number of nitrogens with one attached hydrogen (secondary N) is 1. The molecule has 0 aliphatic heterocycles. The first kappa shape index (κ1) is 15.1. The van der Waals surface area contributed by atoms with Crippen LogP contribution in [0, 0.1) is 0 Å². The van der Waals surface area contributed by atoms with Crippen LogP contribution in [0.2, 0.25) is 0 Å². The Morgan fingerprint density at radius 1 is 1.29 bits per heavy atom. The first-order valence-electron chi connectivity index (χ1n) is 8.19. The summed E-state index contributed by atoms with van der Waals surface area (Å²) in [6, 6.07) is 6.22. The molecule has 4 rings (SSSR count). The van der Waals surface area contributed by atoms with Gasteiger partial charge in [0.05, 0.1) is 17.9 Å². The van der Waals surface area contributed by atoms with Crippen LogP contribution in [0.25, 0.3) is 11.3 Å². The van der Waals surface area contributed by atoms with E-state index < -0.39 is 0 Å². The van der Waals surface area contributed by atoms with Gasteiger partial charge in [-0.05, 0) is 30.4 Å². The fourth-order valence-electron chi connectivity index (χ4n) is 3.20. The Bertz CT molecular complexity index is 814. The number of hydrogen-bond acceptors (Lipinski definition) is 4. The van der Waals surface area contributed by atoms with Crippen LogP contribution in [0.1, 0.15) is 31.7 Å². The van der Waals surface area contributed by atoms with Gasteiger partial charge in [-0.15, -0.1) is 0 Å². The second-order valence-electron chi connectivity index (χ2n) is 6.06. The van der Waals surface area contributed by atoms with Gasteiger partial charge >= 0.3 is 0 Å². The standard InChI is InChI=1S/C17H19N5OS/c23-17(11-21-9-6-15(20-21)13-7-10-24-12-13)19-16-5-8-18-22(16)14-3-1-2-4-14/h5-10,12,14H,1-4,11H2,(H,19,23). The monoisotopic (exact) mass is 341 g/mol. The highest BCUT2D eigenvalue weighted by Gasteiger charge is 2.20. The highest BCUT2D eigenvalue weighted by molar-refractivity contribution is 7.08. The molecule has 3 aromatic rings. The molecule has 1 saturated carbocycles. The van der Waals surface area contributed by atoms with Crippen molar-refractivity contribution in [1.82, 2.24) is 19.6 Å². The van der Waals surface area contributed by atoms with Crippen molar-refractivity contribution in [2.45, 2.75) is 38.3 Å². The maximum Gasteiger partial charge on any atom is 0.247 e.